The van der Waals surface area contributed by atoms with E-state index in [9.17, 15) is 39.8 Å². The number of nitriles is 1. The summed E-state index contributed by atoms with van der Waals surface area (Å²) in [7, 11) is 3.00. The van der Waals surface area contributed by atoms with Gasteiger partial charge in [-0.2, -0.15) is 5.26 Å². The summed E-state index contributed by atoms with van der Waals surface area (Å²) in [5, 5.41) is 47.3. The second-order valence-corrected chi connectivity index (χ2v) is 21.0. The molecule has 8 unspecified atom stereocenters. The van der Waals surface area contributed by atoms with E-state index in [0.29, 0.717) is 87.5 Å². The van der Waals surface area contributed by atoms with Gasteiger partial charge in [-0.3, -0.25) is 14.4 Å². The van der Waals surface area contributed by atoms with Gasteiger partial charge in [-0.1, -0.05) is 75.8 Å². The first-order chi connectivity index (χ1) is 33.8. The summed E-state index contributed by atoms with van der Waals surface area (Å²) in [6, 6.07) is 7.21. The van der Waals surface area contributed by atoms with Gasteiger partial charge in [-0.25, -0.2) is 4.79 Å². The molecule has 1 amide bonds. The third kappa shape index (κ3) is 15.5. The molecule has 1 aromatic carbocycles. The molecule has 2 bridgehead atoms. The lowest BCUT2D eigenvalue weighted by Crippen LogP contribution is -2.61. The first kappa shape index (κ1) is 57.4. The van der Waals surface area contributed by atoms with Crippen molar-refractivity contribution in [3.63, 3.8) is 0 Å². The highest BCUT2D eigenvalue weighted by atomic mass is 16.6. The first-order valence-corrected chi connectivity index (χ1v) is 25.9. The minimum absolute atomic E-state index is 0.0109. The fraction of sp³-hybridized carbons (Fsp3) is 0.661. The van der Waals surface area contributed by atoms with Crippen LogP contribution in [-0.4, -0.2) is 125 Å². The van der Waals surface area contributed by atoms with Crippen LogP contribution in [0.2, 0.25) is 0 Å². The molecule has 2 saturated heterocycles. The van der Waals surface area contributed by atoms with E-state index >= 15 is 0 Å². The minimum Gasteiger partial charge on any atom is -0.461 e. The maximum absolute atomic E-state index is 14.5. The van der Waals surface area contributed by atoms with Crippen molar-refractivity contribution in [2.45, 2.75) is 186 Å². The number of allylic oxidation sites excluding steroid dienone is 5. The number of aliphatic hydroxyl groups excluding tert-OH is 2. The zero-order valence-electron chi connectivity index (χ0n) is 43.3. The SMILES string of the molecule is COC1CC(C[C@@H](C)[C@@H]2CC[C@H](N)/C=C(\C)C(O)[C@@H](OC)C(=O)C(C)C[C@H](C)/C=C/C=C/C=C(\C)C(Nc3cccc(C#N)c3)C[C@@H]3CCC(C)C(O)(O3)C(=O)C(=O)N3CCCCC3C(=O)O2)CC[C@H]1O. The van der Waals surface area contributed by atoms with Gasteiger partial charge in [0.2, 0.25) is 5.79 Å². The number of piperidine rings is 1. The number of hydrogen-bond acceptors (Lipinski definition) is 14. The number of carbonyl (C=O) groups excluding carboxylic acids is 4. The monoisotopic (exact) mass is 987 g/mol. The number of cyclic esters (lactones) is 1. The number of carbonyl (C=O) groups is 4. The van der Waals surface area contributed by atoms with Crippen molar-refractivity contribution < 1.29 is 53.4 Å². The van der Waals surface area contributed by atoms with Crippen molar-refractivity contribution in [1.82, 2.24) is 4.90 Å². The van der Waals surface area contributed by atoms with E-state index in [2.05, 4.69) is 11.4 Å². The van der Waals surface area contributed by atoms with Gasteiger partial charge in [0, 0.05) is 50.4 Å². The largest absolute Gasteiger partial charge is 0.461 e. The van der Waals surface area contributed by atoms with Crippen molar-refractivity contribution >= 4 is 29.1 Å². The molecule has 0 aromatic heterocycles. The van der Waals surface area contributed by atoms with E-state index in [1.165, 1.54) is 12.0 Å². The van der Waals surface area contributed by atoms with Crippen molar-refractivity contribution in [2.75, 3.05) is 26.1 Å². The van der Waals surface area contributed by atoms with E-state index in [-0.39, 0.29) is 48.6 Å². The molecule has 3 heterocycles. The fourth-order valence-corrected chi connectivity index (χ4v) is 10.9. The van der Waals surface area contributed by atoms with Crippen molar-refractivity contribution in [3.8, 4) is 6.07 Å². The maximum atomic E-state index is 14.5. The van der Waals surface area contributed by atoms with Gasteiger partial charge in [0.25, 0.3) is 11.7 Å². The Bertz CT molecular complexity index is 2130. The molecule has 6 N–H and O–H groups in total. The number of anilines is 1. The van der Waals surface area contributed by atoms with Gasteiger partial charge < -0.3 is 50.2 Å². The van der Waals surface area contributed by atoms with E-state index < -0.39 is 77.9 Å². The van der Waals surface area contributed by atoms with Crippen LogP contribution in [-0.2, 0) is 38.1 Å². The molecule has 392 valence electrons. The number of aliphatic hydroxyl groups is 3. The van der Waals surface area contributed by atoms with Gasteiger partial charge in [0.15, 0.2) is 5.78 Å². The third-order valence-corrected chi connectivity index (χ3v) is 15.4. The standard InChI is InChI=1S/C56H82N4O11/c1-34-15-10-9-11-16-35(2)45(59-43-18-14-17-41(30-43)33-57)32-44-23-20-39(6)56(67,71-44)53(64)54(65)60-26-13-12-19-46(60)55(66)70-48(36(3)28-40-21-24-47(61)49(31-40)68-7)25-22-42(58)29-38(5)51(63)52(69-8)50(62)37(4)27-34/h9-11,14-18,29-30,34,36-37,39-40,42,44-49,51-52,59,61,63,67H,12-13,19-28,31-32,58H2,1-8H3/b11-9+,15-10+,35-16+,38-29+/t34-,36-,37?,39?,40?,42+,44+,45?,46?,47-,48+,49?,51?,52+,56?/m1/s1. The Morgan fingerprint density at radius 1 is 0.930 bits per heavy atom. The number of amides is 1. The summed E-state index contributed by atoms with van der Waals surface area (Å²) >= 11 is 0. The molecule has 5 rings (SSSR count). The summed E-state index contributed by atoms with van der Waals surface area (Å²) < 4.78 is 23.9. The summed E-state index contributed by atoms with van der Waals surface area (Å²) in [6.07, 6.45) is 13.4. The number of hydrogen-bond donors (Lipinski definition) is 5. The molecule has 1 saturated carbocycles. The highest BCUT2D eigenvalue weighted by molar-refractivity contribution is 6.39. The van der Waals surface area contributed by atoms with Crippen molar-refractivity contribution in [2.24, 2.45) is 35.3 Å². The van der Waals surface area contributed by atoms with E-state index in [1.54, 1.807) is 45.2 Å². The van der Waals surface area contributed by atoms with Gasteiger partial charge in [0.05, 0.1) is 29.9 Å². The number of Topliss-reactive ketones (excluding diaryl/α,β-unsaturated/α-hetero) is 2. The summed E-state index contributed by atoms with van der Waals surface area (Å²) in [4.78, 5) is 58.4. The van der Waals surface area contributed by atoms with Gasteiger partial charge in [0.1, 0.15) is 24.4 Å². The Morgan fingerprint density at radius 3 is 2.41 bits per heavy atom. The molecular formula is C56H82N4O11. The average molecular weight is 987 g/mol. The van der Waals surface area contributed by atoms with Gasteiger partial charge >= 0.3 is 5.97 Å². The van der Waals surface area contributed by atoms with Crippen LogP contribution in [0.3, 0.4) is 0 Å². The lowest BCUT2D eigenvalue weighted by atomic mass is 9.78. The normalized spacial score (nSPS) is 37.7. The van der Waals surface area contributed by atoms with E-state index in [1.807, 2.05) is 64.1 Å². The Kier molecular flexibility index (Phi) is 21.8. The van der Waals surface area contributed by atoms with Crippen LogP contribution in [0.25, 0.3) is 0 Å². The Hall–Kier alpha value is -4.53. The summed E-state index contributed by atoms with van der Waals surface area (Å²) in [5.74, 6) is -6.59. The fourth-order valence-electron chi connectivity index (χ4n) is 10.9. The number of benzene rings is 1. The number of nitrogens with one attached hydrogen (secondary N) is 1. The summed E-state index contributed by atoms with van der Waals surface area (Å²) in [6.45, 7) is 11.3. The third-order valence-electron chi connectivity index (χ3n) is 15.4. The van der Waals surface area contributed by atoms with Crippen LogP contribution in [0, 0.1) is 40.9 Å². The van der Waals surface area contributed by atoms with Crippen LogP contribution in [0.5, 0.6) is 0 Å². The van der Waals surface area contributed by atoms with Crippen LogP contribution in [0.1, 0.15) is 131 Å². The topological polar surface area (TPSA) is 231 Å². The second-order valence-electron chi connectivity index (χ2n) is 21.0. The Labute approximate surface area is 421 Å². The lowest BCUT2D eigenvalue weighted by Gasteiger charge is -2.43. The Morgan fingerprint density at radius 2 is 1.69 bits per heavy atom. The second kappa shape index (κ2) is 27.0. The van der Waals surface area contributed by atoms with Crippen molar-refractivity contribution in [1.29, 1.82) is 5.26 Å². The number of fused-ring (bicyclic) bond motifs is 3. The molecule has 15 atom stereocenters. The van der Waals surface area contributed by atoms with Crippen LogP contribution < -0.4 is 11.1 Å². The number of ketones is 2. The van der Waals surface area contributed by atoms with E-state index in [4.69, 9.17) is 24.7 Å². The van der Waals surface area contributed by atoms with E-state index in [0.717, 1.165) is 12.0 Å². The molecule has 15 nitrogen and oxygen atoms in total. The zero-order valence-corrected chi connectivity index (χ0v) is 43.3. The predicted octanol–water partition coefficient (Wildman–Crippen LogP) is 7.03. The smallest absolute Gasteiger partial charge is 0.329 e. The number of nitrogens with two attached hydrogens (primary N) is 1. The minimum atomic E-state index is -2.46. The Balaban J connectivity index is 1.49. The average Bonchev–Trinajstić information content (AvgIpc) is 3.35. The van der Waals surface area contributed by atoms with Crippen molar-refractivity contribution in [3.05, 3.63) is 77.4 Å². The van der Waals surface area contributed by atoms with Gasteiger partial charge in [-0.15, -0.1) is 0 Å². The number of esters is 1. The predicted molar refractivity (Wildman–Crippen MR) is 271 cm³/mol. The summed E-state index contributed by atoms with van der Waals surface area (Å²) in [5.41, 5.74) is 9.24. The molecule has 1 aromatic rings. The number of ether oxygens (including phenoxy) is 4. The molecule has 0 radical (unpaired) electrons. The number of rotatable bonds is 7. The molecule has 1 aliphatic carbocycles. The number of nitrogens with zero attached hydrogens (tertiary/aromatic N) is 2. The molecule has 15 heteroatoms. The number of methoxy groups -OCH3 is 2. The molecule has 3 fully saturated rings. The van der Waals surface area contributed by atoms with Crippen LogP contribution in [0.4, 0.5) is 5.69 Å². The first-order valence-electron chi connectivity index (χ1n) is 25.9. The highest BCUT2D eigenvalue weighted by Gasteiger charge is 2.53. The zero-order chi connectivity index (χ0) is 52.0. The van der Waals surface area contributed by atoms with Crippen LogP contribution in [0.15, 0.2) is 71.9 Å². The van der Waals surface area contributed by atoms with Crippen LogP contribution >= 0.6 is 0 Å². The maximum Gasteiger partial charge on any atom is 0.329 e. The molecular weight excluding hydrogens is 905 g/mol. The lowest BCUT2D eigenvalue weighted by molar-refractivity contribution is -0.263. The van der Waals surface area contributed by atoms with Gasteiger partial charge in [-0.05, 0) is 139 Å². The quantitative estimate of drug-likeness (QED) is 0.105. The molecule has 0 spiro atoms. The highest BCUT2D eigenvalue weighted by Crippen LogP contribution is 2.38. The molecule has 4 aliphatic rings. The molecule has 71 heavy (non-hydrogen) atoms. The molecule has 3 aliphatic heterocycles.